The van der Waals surface area contributed by atoms with E-state index < -0.39 is 10.0 Å². The maximum absolute atomic E-state index is 12.8. The van der Waals surface area contributed by atoms with Gasteiger partial charge in [-0.3, -0.25) is 4.79 Å². The number of carbonyl (C=O) groups is 1. The summed E-state index contributed by atoms with van der Waals surface area (Å²) in [6, 6.07) is 8.28. The van der Waals surface area contributed by atoms with E-state index in [0.717, 1.165) is 10.4 Å². The van der Waals surface area contributed by atoms with Gasteiger partial charge in [0.2, 0.25) is 10.0 Å². The van der Waals surface area contributed by atoms with Crippen molar-refractivity contribution in [1.29, 1.82) is 0 Å². The lowest BCUT2D eigenvalue weighted by molar-refractivity contribution is 0.0730. The van der Waals surface area contributed by atoms with Crippen LogP contribution in [0, 0.1) is 6.92 Å². The molecule has 140 valence electrons. The van der Waals surface area contributed by atoms with Gasteiger partial charge in [0.15, 0.2) is 0 Å². The van der Waals surface area contributed by atoms with Crippen LogP contribution in [-0.4, -0.2) is 56.9 Å². The normalized spacial score (nSPS) is 15.8. The van der Waals surface area contributed by atoms with E-state index in [1.807, 2.05) is 18.4 Å². The third-order valence-corrected chi connectivity index (χ3v) is 7.29. The van der Waals surface area contributed by atoms with Crippen molar-refractivity contribution in [2.45, 2.75) is 18.4 Å². The molecule has 3 rings (SSSR count). The SMILES string of the molecule is Cc1ccsc1CN(C)C(=O)c1cccc(S(=O)(=O)N2CCOCC2)c1. The van der Waals surface area contributed by atoms with Gasteiger partial charge in [0.05, 0.1) is 24.7 Å². The highest BCUT2D eigenvalue weighted by molar-refractivity contribution is 7.89. The van der Waals surface area contributed by atoms with E-state index in [1.165, 1.54) is 16.4 Å². The molecular formula is C18H22N2O4S2. The third kappa shape index (κ3) is 3.98. The maximum Gasteiger partial charge on any atom is 0.253 e. The van der Waals surface area contributed by atoms with Crippen LogP contribution in [0.1, 0.15) is 20.8 Å². The first-order chi connectivity index (χ1) is 12.4. The number of benzene rings is 1. The molecule has 1 fully saturated rings. The van der Waals surface area contributed by atoms with Gasteiger partial charge in [-0.2, -0.15) is 4.31 Å². The predicted octanol–water partition coefficient (Wildman–Crippen LogP) is 2.35. The highest BCUT2D eigenvalue weighted by atomic mass is 32.2. The van der Waals surface area contributed by atoms with Crippen molar-refractivity contribution in [3.8, 4) is 0 Å². The number of aryl methyl sites for hydroxylation is 1. The Bertz CT molecular complexity index is 886. The van der Waals surface area contributed by atoms with Crippen LogP contribution in [0.25, 0.3) is 0 Å². The molecule has 0 saturated carbocycles. The first-order valence-electron chi connectivity index (χ1n) is 8.36. The first kappa shape index (κ1) is 19.0. The van der Waals surface area contributed by atoms with Crippen LogP contribution >= 0.6 is 11.3 Å². The molecule has 0 atom stereocenters. The lowest BCUT2D eigenvalue weighted by atomic mass is 10.2. The number of thiophene rings is 1. The van der Waals surface area contributed by atoms with E-state index in [0.29, 0.717) is 38.4 Å². The van der Waals surface area contributed by atoms with Gasteiger partial charge in [-0.05, 0) is 42.1 Å². The number of hydrogen-bond acceptors (Lipinski definition) is 5. The van der Waals surface area contributed by atoms with Crippen LogP contribution in [0.4, 0.5) is 0 Å². The molecule has 1 saturated heterocycles. The molecule has 8 heteroatoms. The van der Waals surface area contributed by atoms with Crippen molar-refractivity contribution in [3.63, 3.8) is 0 Å². The van der Waals surface area contributed by atoms with Crippen LogP contribution < -0.4 is 0 Å². The van der Waals surface area contributed by atoms with Gasteiger partial charge in [-0.25, -0.2) is 8.42 Å². The fourth-order valence-electron chi connectivity index (χ4n) is 2.80. The zero-order valence-corrected chi connectivity index (χ0v) is 16.5. The second-order valence-corrected chi connectivity index (χ2v) is 9.17. The van der Waals surface area contributed by atoms with Crippen LogP contribution in [0.15, 0.2) is 40.6 Å². The van der Waals surface area contributed by atoms with Gasteiger partial charge in [-0.15, -0.1) is 11.3 Å². The van der Waals surface area contributed by atoms with Crippen molar-refractivity contribution in [3.05, 3.63) is 51.7 Å². The standard InChI is InChI=1S/C18H22N2O4S2/c1-14-6-11-25-17(14)13-19(2)18(21)15-4-3-5-16(12-15)26(22,23)20-7-9-24-10-8-20/h3-6,11-12H,7-10,13H2,1-2H3. The van der Waals surface area contributed by atoms with Gasteiger partial charge in [-0.1, -0.05) is 6.07 Å². The topological polar surface area (TPSA) is 66.9 Å². The summed E-state index contributed by atoms with van der Waals surface area (Å²) in [4.78, 5) is 15.6. The summed E-state index contributed by atoms with van der Waals surface area (Å²) in [7, 11) is -1.89. The molecule has 0 unspecified atom stereocenters. The number of rotatable bonds is 5. The van der Waals surface area contributed by atoms with E-state index in [-0.39, 0.29) is 10.8 Å². The Kier molecular flexibility index (Phi) is 5.76. The summed E-state index contributed by atoms with van der Waals surface area (Å²) in [5.74, 6) is -0.197. The second kappa shape index (κ2) is 7.87. The third-order valence-electron chi connectivity index (χ3n) is 4.38. The molecule has 1 amide bonds. The van der Waals surface area contributed by atoms with Crippen molar-refractivity contribution >= 4 is 27.3 Å². The fourth-order valence-corrected chi connectivity index (χ4v) is 5.21. The second-order valence-electron chi connectivity index (χ2n) is 6.23. The van der Waals surface area contributed by atoms with Crippen molar-refractivity contribution in [2.24, 2.45) is 0 Å². The molecule has 2 heterocycles. The molecular weight excluding hydrogens is 372 g/mol. The quantitative estimate of drug-likeness (QED) is 0.781. The van der Waals surface area contributed by atoms with Crippen LogP contribution in [-0.2, 0) is 21.3 Å². The number of nitrogens with zero attached hydrogens (tertiary/aromatic N) is 2. The van der Waals surface area contributed by atoms with E-state index >= 15 is 0 Å². The number of ether oxygens (including phenoxy) is 1. The van der Waals surface area contributed by atoms with Gasteiger partial charge in [0.1, 0.15) is 0 Å². The highest BCUT2D eigenvalue weighted by Crippen LogP contribution is 2.21. The Morgan fingerprint density at radius 1 is 1.27 bits per heavy atom. The minimum absolute atomic E-state index is 0.144. The minimum Gasteiger partial charge on any atom is -0.379 e. The lowest BCUT2D eigenvalue weighted by Crippen LogP contribution is -2.40. The van der Waals surface area contributed by atoms with Gasteiger partial charge >= 0.3 is 0 Å². The zero-order valence-electron chi connectivity index (χ0n) is 14.8. The zero-order chi connectivity index (χ0) is 18.7. The lowest BCUT2D eigenvalue weighted by Gasteiger charge is -2.26. The molecule has 0 spiro atoms. The Balaban J connectivity index is 1.80. The van der Waals surface area contributed by atoms with E-state index in [1.54, 1.807) is 35.4 Å². The molecule has 26 heavy (non-hydrogen) atoms. The number of amides is 1. The summed E-state index contributed by atoms with van der Waals surface area (Å²) >= 11 is 1.61. The molecule has 0 aliphatic carbocycles. The van der Waals surface area contributed by atoms with Crippen LogP contribution in [0.5, 0.6) is 0 Å². The molecule has 1 aromatic heterocycles. The van der Waals surface area contributed by atoms with Gasteiger partial charge in [0, 0.05) is 30.6 Å². The summed E-state index contributed by atoms with van der Waals surface area (Å²) in [6.07, 6.45) is 0. The van der Waals surface area contributed by atoms with Gasteiger partial charge < -0.3 is 9.64 Å². The monoisotopic (exact) mass is 394 g/mol. The van der Waals surface area contributed by atoms with Gasteiger partial charge in [0.25, 0.3) is 5.91 Å². The predicted molar refractivity (Wildman–Crippen MR) is 101 cm³/mol. The Labute approximate surface area is 158 Å². The number of morpholine rings is 1. The van der Waals surface area contributed by atoms with Crippen LogP contribution in [0.3, 0.4) is 0 Å². The van der Waals surface area contributed by atoms with Crippen molar-refractivity contribution in [1.82, 2.24) is 9.21 Å². The Morgan fingerprint density at radius 3 is 2.65 bits per heavy atom. The average molecular weight is 395 g/mol. The molecule has 0 bridgehead atoms. The largest absolute Gasteiger partial charge is 0.379 e. The fraction of sp³-hybridized carbons (Fsp3) is 0.389. The molecule has 0 N–H and O–H groups in total. The Hall–Kier alpha value is -1.74. The molecule has 1 aliphatic heterocycles. The van der Waals surface area contributed by atoms with E-state index in [2.05, 4.69) is 0 Å². The minimum atomic E-state index is -3.62. The summed E-state index contributed by atoms with van der Waals surface area (Å²) < 4.78 is 32.2. The number of sulfonamides is 1. The highest BCUT2D eigenvalue weighted by Gasteiger charge is 2.27. The smallest absolute Gasteiger partial charge is 0.253 e. The molecule has 1 aromatic carbocycles. The van der Waals surface area contributed by atoms with Crippen molar-refractivity contribution < 1.29 is 17.9 Å². The molecule has 0 radical (unpaired) electrons. The summed E-state index contributed by atoms with van der Waals surface area (Å²) in [6.45, 7) is 3.96. The first-order valence-corrected chi connectivity index (χ1v) is 10.7. The maximum atomic E-state index is 12.8. The Morgan fingerprint density at radius 2 is 2.00 bits per heavy atom. The van der Waals surface area contributed by atoms with E-state index in [4.69, 9.17) is 4.74 Å². The molecule has 1 aliphatic rings. The van der Waals surface area contributed by atoms with Crippen molar-refractivity contribution in [2.75, 3.05) is 33.4 Å². The molecule has 2 aromatic rings. The number of carbonyl (C=O) groups excluding carboxylic acids is 1. The summed E-state index contributed by atoms with van der Waals surface area (Å²) in [5.41, 5.74) is 1.52. The molecule has 6 nitrogen and oxygen atoms in total. The summed E-state index contributed by atoms with van der Waals surface area (Å²) in [5, 5.41) is 2.00. The van der Waals surface area contributed by atoms with Crippen LogP contribution in [0.2, 0.25) is 0 Å². The average Bonchev–Trinajstić information content (AvgIpc) is 3.06. The van der Waals surface area contributed by atoms with E-state index in [9.17, 15) is 13.2 Å². The number of hydrogen-bond donors (Lipinski definition) is 0.